The number of allylic oxidation sites excluding steroid dienone is 1. The maximum Gasteiger partial charge on any atom is 0.338 e. The largest absolute Gasteiger partial charge is 0.450 e. The van der Waals surface area contributed by atoms with Gasteiger partial charge in [-0.2, -0.15) is 0 Å². The monoisotopic (exact) mass is 413 g/mol. The summed E-state index contributed by atoms with van der Waals surface area (Å²) in [4.78, 5) is 34.8. The molecule has 0 spiro atoms. The highest BCUT2D eigenvalue weighted by Gasteiger charge is 2.66. The van der Waals surface area contributed by atoms with Crippen molar-refractivity contribution >= 4 is 29.3 Å². The summed E-state index contributed by atoms with van der Waals surface area (Å²) in [6.45, 7) is 2.59. The fourth-order valence-corrected chi connectivity index (χ4v) is 3.21. The average molecular weight is 414 g/mol. The number of aliphatic hydroxyl groups excluding tert-OH is 1. The number of amides is 1. The number of hydrogen-bond acceptors (Lipinski definition) is 6. The van der Waals surface area contributed by atoms with Crippen LogP contribution in [0.4, 0.5) is 4.39 Å². The second-order valence-electron chi connectivity index (χ2n) is 6.57. The summed E-state index contributed by atoms with van der Waals surface area (Å²) in [6.07, 6.45) is -1.00. The number of nitrogens with zero attached hydrogens (tertiary/aromatic N) is 1. The Morgan fingerprint density at radius 2 is 1.93 bits per heavy atom. The van der Waals surface area contributed by atoms with E-state index in [0.717, 1.165) is 17.2 Å². The molecule has 152 valence electrons. The Morgan fingerprint density at radius 3 is 2.43 bits per heavy atom. The molecule has 1 amide bonds. The van der Waals surface area contributed by atoms with E-state index in [1.54, 1.807) is 18.2 Å². The first-order valence-corrected chi connectivity index (χ1v) is 8.81. The van der Waals surface area contributed by atoms with Crippen LogP contribution in [-0.4, -0.2) is 57.3 Å². The predicted octanol–water partition coefficient (Wildman–Crippen LogP) is 2.18. The minimum atomic E-state index is -2.86. The third-order valence-corrected chi connectivity index (χ3v) is 4.62. The minimum Gasteiger partial charge on any atom is -0.450 e. The van der Waals surface area contributed by atoms with Gasteiger partial charge in [0.25, 0.3) is 5.85 Å². The first-order valence-electron chi connectivity index (χ1n) is 8.43. The third kappa shape index (κ3) is 4.40. The number of carbonyl (C=O) groups excluding carboxylic acids is 3. The molecule has 1 aliphatic heterocycles. The van der Waals surface area contributed by atoms with Crippen molar-refractivity contribution in [3.05, 3.63) is 48.2 Å². The van der Waals surface area contributed by atoms with Crippen LogP contribution in [0.1, 0.15) is 31.1 Å². The number of benzene rings is 1. The molecule has 1 heterocycles. The number of ether oxygens (including phenoxy) is 2. The number of ketones is 1. The lowest BCUT2D eigenvalue weighted by molar-refractivity contribution is -0.212. The number of hydrogen-bond donors (Lipinski definition) is 1. The van der Waals surface area contributed by atoms with Gasteiger partial charge < -0.3 is 14.6 Å². The Morgan fingerprint density at radius 1 is 1.32 bits per heavy atom. The highest BCUT2D eigenvalue weighted by atomic mass is 35.5. The van der Waals surface area contributed by atoms with Crippen LogP contribution >= 0.6 is 11.6 Å². The molecule has 0 bridgehead atoms. The molecule has 9 heteroatoms. The Kier molecular flexibility index (Phi) is 6.59. The van der Waals surface area contributed by atoms with Crippen molar-refractivity contribution in [3.63, 3.8) is 0 Å². The van der Waals surface area contributed by atoms with Gasteiger partial charge in [-0.1, -0.05) is 18.2 Å². The van der Waals surface area contributed by atoms with Crippen LogP contribution in [0, 0.1) is 0 Å². The van der Waals surface area contributed by atoms with Gasteiger partial charge in [0.05, 0.1) is 5.56 Å². The van der Waals surface area contributed by atoms with Crippen molar-refractivity contribution < 1.29 is 33.4 Å². The summed E-state index contributed by atoms with van der Waals surface area (Å²) in [6, 6.07) is 7.83. The lowest BCUT2D eigenvalue weighted by Crippen LogP contribution is -2.52. The van der Waals surface area contributed by atoms with Crippen molar-refractivity contribution in [1.82, 2.24) is 4.90 Å². The number of rotatable bonds is 6. The smallest absolute Gasteiger partial charge is 0.338 e. The molecule has 1 N–H and O–H groups in total. The Bertz CT molecular complexity index is 784. The van der Waals surface area contributed by atoms with Gasteiger partial charge in [-0.3, -0.25) is 14.5 Å². The molecule has 0 radical (unpaired) electrons. The Labute approximate surface area is 166 Å². The molecule has 28 heavy (non-hydrogen) atoms. The lowest BCUT2D eigenvalue weighted by atomic mass is 9.98. The van der Waals surface area contributed by atoms with Crippen LogP contribution < -0.4 is 0 Å². The zero-order chi connectivity index (χ0) is 21.1. The van der Waals surface area contributed by atoms with Crippen molar-refractivity contribution in [2.75, 3.05) is 6.61 Å². The van der Waals surface area contributed by atoms with Crippen LogP contribution in [0.2, 0.25) is 0 Å². The van der Waals surface area contributed by atoms with E-state index in [9.17, 15) is 19.5 Å². The molecule has 1 aliphatic rings. The molecule has 2 rings (SSSR count). The second kappa shape index (κ2) is 8.38. The summed E-state index contributed by atoms with van der Waals surface area (Å²) < 4.78 is 25.8. The summed E-state index contributed by atoms with van der Waals surface area (Å²) in [7, 11) is 0. The van der Waals surface area contributed by atoms with E-state index in [4.69, 9.17) is 21.1 Å². The molecule has 7 nitrogen and oxygen atoms in total. The van der Waals surface area contributed by atoms with Crippen LogP contribution in [0.3, 0.4) is 0 Å². The molecule has 4 atom stereocenters. The van der Waals surface area contributed by atoms with Gasteiger partial charge in [0, 0.05) is 13.1 Å². The molecular formula is C19H21ClFNO6. The van der Waals surface area contributed by atoms with E-state index in [0.29, 0.717) is 0 Å². The molecule has 0 unspecified atom stereocenters. The van der Waals surface area contributed by atoms with Crippen LogP contribution in [0.15, 0.2) is 42.6 Å². The van der Waals surface area contributed by atoms with Crippen LogP contribution in [0.25, 0.3) is 0 Å². The van der Waals surface area contributed by atoms with Gasteiger partial charge in [-0.05, 0) is 32.1 Å². The summed E-state index contributed by atoms with van der Waals surface area (Å²) in [5.74, 6) is -4.68. The zero-order valence-corrected chi connectivity index (χ0v) is 16.4. The Balaban J connectivity index is 2.38. The van der Waals surface area contributed by atoms with Gasteiger partial charge in [0.1, 0.15) is 11.5 Å². The highest BCUT2D eigenvalue weighted by molar-refractivity contribution is 6.25. The molecule has 1 fully saturated rings. The normalized spacial score (nSPS) is 29.6. The summed E-state index contributed by atoms with van der Waals surface area (Å²) >= 11 is 6.48. The number of aliphatic hydroxyl groups is 1. The van der Waals surface area contributed by atoms with E-state index in [2.05, 4.69) is 0 Å². The first-order chi connectivity index (χ1) is 13.0. The topological polar surface area (TPSA) is 93.1 Å². The predicted molar refractivity (Wildman–Crippen MR) is 98.0 cm³/mol. The summed E-state index contributed by atoms with van der Waals surface area (Å²) in [5.41, 5.74) is 0.151. The fraction of sp³-hybridized carbons (Fsp3) is 0.421. The standard InChI is InChI=1S/C19H21ClFNO6/c1-12(24)9-10-22(13(2)25)17-18(3,20)16(19(21,11-23)28-17)27-15(26)14-7-5-4-6-8-14/h4-10,16-17,23H,11H2,1-3H3/b10-9-/t16-,17+,18+,19+/m0/s1. The van der Waals surface area contributed by atoms with Crippen molar-refractivity contribution in [2.24, 2.45) is 0 Å². The Hall–Kier alpha value is -2.29. The molecule has 0 aromatic heterocycles. The number of esters is 1. The first kappa shape index (κ1) is 22.0. The van der Waals surface area contributed by atoms with Crippen molar-refractivity contribution in [2.45, 2.75) is 43.8 Å². The van der Waals surface area contributed by atoms with E-state index in [-0.39, 0.29) is 11.3 Å². The maximum atomic E-state index is 15.3. The maximum absolute atomic E-state index is 15.3. The average Bonchev–Trinajstić information content (AvgIpc) is 2.83. The molecule has 1 aromatic carbocycles. The number of alkyl halides is 2. The summed E-state index contributed by atoms with van der Waals surface area (Å²) in [5, 5.41) is 9.54. The molecule has 1 saturated heterocycles. The third-order valence-electron chi connectivity index (χ3n) is 4.23. The van der Waals surface area contributed by atoms with Crippen LogP contribution in [-0.2, 0) is 19.1 Å². The van der Waals surface area contributed by atoms with Gasteiger partial charge in [0.15, 0.2) is 18.1 Å². The minimum absolute atomic E-state index is 0.151. The number of carbonyl (C=O) groups is 3. The highest BCUT2D eigenvalue weighted by Crippen LogP contribution is 2.47. The van der Waals surface area contributed by atoms with E-state index in [1.807, 2.05) is 0 Å². The van der Waals surface area contributed by atoms with E-state index >= 15 is 4.39 Å². The zero-order valence-electron chi connectivity index (χ0n) is 15.6. The van der Waals surface area contributed by atoms with E-state index in [1.165, 1.54) is 32.9 Å². The second-order valence-corrected chi connectivity index (χ2v) is 7.38. The molecule has 0 saturated carbocycles. The van der Waals surface area contributed by atoms with Gasteiger partial charge in [-0.25, -0.2) is 9.18 Å². The van der Waals surface area contributed by atoms with Gasteiger partial charge >= 0.3 is 5.97 Å². The fourth-order valence-electron chi connectivity index (χ4n) is 2.85. The van der Waals surface area contributed by atoms with Crippen molar-refractivity contribution in [3.8, 4) is 0 Å². The SMILES string of the molecule is CC(=O)/C=C\N(C(C)=O)[C@@H]1O[C@](F)(CO)[C@@H](OC(=O)c2ccccc2)[C@@]1(C)Cl. The number of halogens is 2. The lowest BCUT2D eigenvalue weighted by Gasteiger charge is -2.33. The van der Waals surface area contributed by atoms with Gasteiger partial charge in [0.2, 0.25) is 5.91 Å². The molecule has 1 aromatic rings. The quantitative estimate of drug-likeness (QED) is 0.436. The molecule has 0 aliphatic carbocycles. The van der Waals surface area contributed by atoms with Gasteiger partial charge in [-0.15, -0.1) is 11.6 Å². The van der Waals surface area contributed by atoms with Crippen LogP contribution in [0.5, 0.6) is 0 Å². The van der Waals surface area contributed by atoms with Crippen molar-refractivity contribution in [1.29, 1.82) is 0 Å². The van der Waals surface area contributed by atoms with E-state index < -0.39 is 41.5 Å². The molecular weight excluding hydrogens is 393 g/mol.